The molecule has 2 unspecified atom stereocenters. The molecule has 7 nitrogen and oxygen atoms in total. The van der Waals surface area contributed by atoms with Crippen molar-refractivity contribution in [3.05, 3.63) is 36.2 Å². The molecule has 0 spiro atoms. The highest BCUT2D eigenvalue weighted by Gasteiger charge is 2.24. The van der Waals surface area contributed by atoms with E-state index in [0.717, 1.165) is 31.7 Å². The number of hydrogen-bond donors (Lipinski definition) is 2. The van der Waals surface area contributed by atoms with Crippen molar-refractivity contribution in [3.8, 4) is 17.2 Å². The van der Waals surface area contributed by atoms with Gasteiger partial charge in [0, 0.05) is 37.0 Å². The lowest BCUT2D eigenvalue weighted by Crippen LogP contribution is -2.41. The number of rotatable bonds is 6. The maximum atomic E-state index is 10.3. The van der Waals surface area contributed by atoms with Crippen LogP contribution < -0.4 is 14.2 Å². The predicted octanol–water partition coefficient (Wildman–Crippen LogP) is 1.76. The monoisotopic (exact) mass is 345 g/mol. The smallest absolute Gasteiger partial charge is 0.231 e. The molecule has 0 radical (unpaired) electrons. The van der Waals surface area contributed by atoms with E-state index in [1.807, 2.05) is 18.2 Å². The molecule has 1 aromatic heterocycles. The van der Waals surface area contributed by atoms with Gasteiger partial charge in [-0.2, -0.15) is 5.10 Å². The summed E-state index contributed by atoms with van der Waals surface area (Å²) in [5.74, 6) is 2.55. The Bertz CT molecular complexity index is 692. The van der Waals surface area contributed by atoms with E-state index in [4.69, 9.17) is 14.2 Å². The summed E-state index contributed by atoms with van der Waals surface area (Å²) in [6.07, 6.45) is 3.54. The lowest BCUT2D eigenvalue weighted by molar-refractivity contribution is 0.0580. The number of nitrogens with one attached hydrogen (secondary N) is 1. The first-order chi connectivity index (χ1) is 12.3. The van der Waals surface area contributed by atoms with Gasteiger partial charge in [0.15, 0.2) is 11.5 Å². The van der Waals surface area contributed by atoms with Crippen molar-refractivity contribution >= 4 is 0 Å². The molecule has 3 heterocycles. The molecular formula is C18H23N3O4. The zero-order chi connectivity index (χ0) is 17.1. The number of H-pyrrole nitrogens is 1. The summed E-state index contributed by atoms with van der Waals surface area (Å²) < 4.78 is 16.3. The molecule has 1 fully saturated rings. The third-order valence-corrected chi connectivity index (χ3v) is 4.72. The van der Waals surface area contributed by atoms with E-state index in [1.54, 1.807) is 12.3 Å². The SMILES string of the molecule is OC(COc1ccc2c(c1)OCO2)CN1CCCC(c2ccn[nH]2)C1. The van der Waals surface area contributed by atoms with Gasteiger partial charge in [0.2, 0.25) is 6.79 Å². The first kappa shape index (κ1) is 16.2. The van der Waals surface area contributed by atoms with Crippen molar-refractivity contribution < 1.29 is 19.3 Å². The Morgan fingerprint density at radius 2 is 2.24 bits per heavy atom. The number of benzene rings is 1. The van der Waals surface area contributed by atoms with Crippen LogP contribution in [0, 0.1) is 0 Å². The molecule has 4 rings (SSSR count). The lowest BCUT2D eigenvalue weighted by atomic mass is 9.95. The van der Waals surface area contributed by atoms with Gasteiger partial charge < -0.3 is 19.3 Å². The van der Waals surface area contributed by atoms with Crippen LogP contribution in [0.15, 0.2) is 30.5 Å². The predicted molar refractivity (Wildman–Crippen MR) is 91.1 cm³/mol. The number of β-amino-alcohol motifs (C(OH)–C–C–N with tert-alkyl or cyclic N) is 1. The van der Waals surface area contributed by atoms with Crippen LogP contribution in [0.2, 0.25) is 0 Å². The molecule has 0 aliphatic carbocycles. The highest BCUT2D eigenvalue weighted by Crippen LogP contribution is 2.35. The van der Waals surface area contributed by atoms with Gasteiger partial charge in [-0.15, -0.1) is 0 Å². The second-order valence-electron chi connectivity index (χ2n) is 6.59. The topological polar surface area (TPSA) is 79.8 Å². The molecule has 1 aromatic carbocycles. The van der Waals surface area contributed by atoms with Crippen LogP contribution in [-0.4, -0.2) is 59.3 Å². The van der Waals surface area contributed by atoms with Crippen molar-refractivity contribution in [3.63, 3.8) is 0 Å². The van der Waals surface area contributed by atoms with Crippen LogP contribution in [0.1, 0.15) is 24.5 Å². The van der Waals surface area contributed by atoms with Crippen LogP contribution in [0.3, 0.4) is 0 Å². The zero-order valence-electron chi connectivity index (χ0n) is 14.1. The molecule has 7 heteroatoms. The molecule has 0 bridgehead atoms. The second-order valence-corrected chi connectivity index (χ2v) is 6.59. The first-order valence-electron chi connectivity index (χ1n) is 8.70. The van der Waals surface area contributed by atoms with E-state index in [9.17, 15) is 5.11 Å². The number of fused-ring (bicyclic) bond motifs is 1. The molecule has 25 heavy (non-hydrogen) atoms. The van der Waals surface area contributed by atoms with Gasteiger partial charge in [0.05, 0.1) is 0 Å². The normalized spacial score (nSPS) is 21.2. The fraction of sp³-hybridized carbons (Fsp3) is 0.500. The average Bonchev–Trinajstić information content (AvgIpc) is 3.31. The Kier molecular flexibility index (Phi) is 4.76. The van der Waals surface area contributed by atoms with E-state index >= 15 is 0 Å². The number of hydrogen-bond acceptors (Lipinski definition) is 6. The fourth-order valence-corrected chi connectivity index (χ4v) is 3.48. The number of piperidine rings is 1. The maximum absolute atomic E-state index is 10.3. The minimum Gasteiger partial charge on any atom is -0.491 e. The van der Waals surface area contributed by atoms with Gasteiger partial charge in [-0.05, 0) is 37.6 Å². The van der Waals surface area contributed by atoms with Gasteiger partial charge in [0.1, 0.15) is 18.5 Å². The van der Waals surface area contributed by atoms with Gasteiger partial charge in [-0.3, -0.25) is 10.00 Å². The fourth-order valence-electron chi connectivity index (χ4n) is 3.48. The van der Waals surface area contributed by atoms with Gasteiger partial charge >= 0.3 is 0 Å². The Labute approximate surface area is 146 Å². The van der Waals surface area contributed by atoms with Gasteiger partial charge in [0.25, 0.3) is 0 Å². The molecule has 0 saturated carbocycles. The quantitative estimate of drug-likeness (QED) is 0.830. The van der Waals surface area contributed by atoms with Crippen LogP contribution >= 0.6 is 0 Å². The Hall–Kier alpha value is -2.25. The van der Waals surface area contributed by atoms with E-state index < -0.39 is 6.10 Å². The molecule has 134 valence electrons. The average molecular weight is 345 g/mol. The van der Waals surface area contributed by atoms with Gasteiger partial charge in [-0.25, -0.2) is 0 Å². The highest BCUT2D eigenvalue weighted by atomic mass is 16.7. The van der Waals surface area contributed by atoms with Crippen molar-refractivity contribution in [1.82, 2.24) is 15.1 Å². The number of nitrogens with zero attached hydrogens (tertiary/aromatic N) is 2. The molecule has 2 N–H and O–H groups in total. The lowest BCUT2D eigenvalue weighted by Gasteiger charge is -2.33. The number of aromatic amines is 1. The van der Waals surface area contributed by atoms with Gasteiger partial charge in [-0.1, -0.05) is 0 Å². The summed E-state index contributed by atoms with van der Waals surface area (Å²) in [5, 5.41) is 17.4. The number of ether oxygens (including phenoxy) is 3. The molecule has 2 aromatic rings. The number of aliphatic hydroxyl groups is 1. The molecule has 0 amide bonds. The standard InChI is InChI=1S/C18H23N3O4/c22-14(11-23-15-3-4-17-18(8-15)25-12-24-17)10-21-7-1-2-13(9-21)16-5-6-19-20-16/h3-6,8,13-14,22H,1-2,7,9-12H2,(H,19,20). The minimum atomic E-state index is -0.536. The van der Waals surface area contributed by atoms with Crippen LogP contribution in [0.4, 0.5) is 0 Å². The number of aliphatic hydroxyl groups excluding tert-OH is 1. The van der Waals surface area contributed by atoms with E-state index in [0.29, 0.717) is 24.0 Å². The minimum absolute atomic E-state index is 0.244. The molecule has 1 saturated heterocycles. The Balaban J connectivity index is 1.26. The summed E-state index contributed by atoms with van der Waals surface area (Å²) in [7, 11) is 0. The third-order valence-electron chi connectivity index (χ3n) is 4.72. The summed E-state index contributed by atoms with van der Waals surface area (Å²) in [4.78, 5) is 2.29. The van der Waals surface area contributed by atoms with E-state index in [2.05, 4.69) is 15.1 Å². The summed E-state index contributed by atoms with van der Waals surface area (Å²) in [6, 6.07) is 7.48. The number of aromatic nitrogens is 2. The van der Waals surface area contributed by atoms with Crippen molar-refractivity contribution in [1.29, 1.82) is 0 Å². The first-order valence-corrected chi connectivity index (χ1v) is 8.70. The Morgan fingerprint density at radius 1 is 1.32 bits per heavy atom. The van der Waals surface area contributed by atoms with Crippen LogP contribution in [0.5, 0.6) is 17.2 Å². The van der Waals surface area contributed by atoms with Crippen LogP contribution in [-0.2, 0) is 0 Å². The molecular weight excluding hydrogens is 322 g/mol. The maximum Gasteiger partial charge on any atom is 0.231 e. The number of likely N-dealkylation sites (tertiary alicyclic amines) is 1. The van der Waals surface area contributed by atoms with Crippen molar-refractivity contribution in [2.45, 2.75) is 24.9 Å². The largest absolute Gasteiger partial charge is 0.491 e. The van der Waals surface area contributed by atoms with Crippen molar-refractivity contribution in [2.24, 2.45) is 0 Å². The molecule has 2 aliphatic rings. The summed E-state index contributed by atoms with van der Waals surface area (Å²) in [5.41, 5.74) is 1.18. The van der Waals surface area contributed by atoms with E-state index in [1.165, 1.54) is 5.69 Å². The molecule has 2 aliphatic heterocycles. The highest BCUT2D eigenvalue weighted by molar-refractivity contribution is 5.46. The summed E-state index contributed by atoms with van der Waals surface area (Å²) >= 11 is 0. The van der Waals surface area contributed by atoms with Crippen molar-refractivity contribution in [2.75, 3.05) is 33.0 Å². The zero-order valence-corrected chi connectivity index (χ0v) is 14.1. The van der Waals surface area contributed by atoms with E-state index in [-0.39, 0.29) is 13.4 Å². The Morgan fingerprint density at radius 3 is 3.12 bits per heavy atom. The second kappa shape index (κ2) is 7.33. The van der Waals surface area contributed by atoms with Crippen LogP contribution in [0.25, 0.3) is 0 Å². The molecule has 2 atom stereocenters. The third kappa shape index (κ3) is 3.88. The summed E-state index contributed by atoms with van der Waals surface area (Å²) in [6.45, 7) is 3.04.